The number of nitrogens with two attached hydrogens (primary N) is 1. The van der Waals surface area contributed by atoms with Crippen molar-refractivity contribution in [2.45, 2.75) is 25.4 Å². The quantitative estimate of drug-likeness (QED) is 0.685. The first-order valence-electron chi connectivity index (χ1n) is 7.18. The van der Waals surface area contributed by atoms with Crippen molar-refractivity contribution in [2.24, 2.45) is 17.8 Å². The van der Waals surface area contributed by atoms with Gasteiger partial charge < -0.3 is 15.2 Å². The average Bonchev–Trinajstić information content (AvgIpc) is 3.33. The molecule has 2 N–H and O–H groups in total. The number of hydrogen-bond acceptors (Lipinski definition) is 2. The van der Waals surface area contributed by atoms with E-state index in [2.05, 4.69) is 4.99 Å². The zero-order valence-corrected chi connectivity index (χ0v) is 12.4. The molecule has 1 aliphatic carbocycles. The van der Waals surface area contributed by atoms with Gasteiger partial charge in [-0.2, -0.15) is 0 Å². The van der Waals surface area contributed by atoms with E-state index in [4.69, 9.17) is 5.73 Å². The summed E-state index contributed by atoms with van der Waals surface area (Å²) in [6.45, 7) is 0.320. The largest absolute Gasteiger partial charge is 0.370 e. The Hall–Kier alpha value is -2.30. The molecule has 1 heterocycles. The fourth-order valence-electron chi connectivity index (χ4n) is 2.53. The maximum atomic E-state index is 12.4. The van der Waals surface area contributed by atoms with Crippen molar-refractivity contribution < 1.29 is 0 Å². The normalized spacial score (nSPS) is 15.4. The molecule has 1 aromatic heterocycles. The number of aliphatic imine (C=N–C) groups is 1. The standard InChI is InChI=1S/C16H20N4O/c1-19(13-7-8-13)16(17)18-10-12-9-11-5-3-4-6-14(11)20(2)15(12)21/h3-6,9,13H,7-8,10H2,1-2H3,(H2,17,18). The summed E-state index contributed by atoms with van der Waals surface area (Å²) in [5.74, 6) is 0.507. The van der Waals surface area contributed by atoms with Crippen LogP contribution in [0.5, 0.6) is 0 Å². The summed E-state index contributed by atoms with van der Waals surface area (Å²) in [7, 11) is 3.74. The lowest BCUT2D eigenvalue weighted by Gasteiger charge is -2.16. The van der Waals surface area contributed by atoms with Gasteiger partial charge in [0.1, 0.15) is 0 Å². The van der Waals surface area contributed by atoms with Crippen molar-refractivity contribution in [1.29, 1.82) is 0 Å². The summed E-state index contributed by atoms with van der Waals surface area (Å²) in [6, 6.07) is 10.3. The van der Waals surface area contributed by atoms with Crippen LogP contribution in [-0.2, 0) is 13.6 Å². The van der Waals surface area contributed by atoms with E-state index in [1.165, 1.54) is 12.8 Å². The minimum Gasteiger partial charge on any atom is -0.370 e. The molecule has 0 aliphatic heterocycles. The fourth-order valence-corrected chi connectivity index (χ4v) is 2.53. The second kappa shape index (κ2) is 5.24. The van der Waals surface area contributed by atoms with E-state index in [0.29, 0.717) is 24.1 Å². The van der Waals surface area contributed by atoms with E-state index >= 15 is 0 Å². The second-order valence-corrected chi connectivity index (χ2v) is 5.61. The Kier molecular flexibility index (Phi) is 3.41. The number of para-hydroxylation sites is 1. The molecule has 0 saturated heterocycles. The van der Waals surface area contributed by atoms with Crippen molar-refractivity contribution in [3.63, 3.8) is 0 Å². The molecule has 0 spiro atoms. The van der Waals surface area contributed by atoms with Crippen molar-refractivity contribution in [3.8, 4) is 0 Å². The van der Waals surface area contributed by atoms with Crippen LogP contribution in [0.15, 0.2) is 40.1 Å². The molecule has 0 unspecified atom stereocenters. The average molecular weight is 284 g/mol. The third-order valence-corrected chi connectivity index (χ3v) is 4.07. The minimum absolute atomic E-state index is 0.0145. The number of fused-ring (bicyclic) bond motifs is 1. The van der Waals surface area contributed by atoms with Gasteiger partial charge in [-0.05, 0) is 30.4 Å². The minimum atomic E-state index is -0.0145. The number of rotatable bonds is 3. The van der Waals surface area contributed by atoms with Crippen LogP contribution >= 0.6 is 0 Å². The summed E-state index contributed by atoms with van der Waals surface area (Å²) in [6.07, 6.45) is 2.34. The Labute approximate surface area is 123 Å². The molecule has 5 nitrogen and oxygen atoms in total. The van der Waals surface area contributed by atoms with Crippen LogP contribution in [-0.4, -0.2) is 28.5 Å². The third kappa shape index (κ3) is 2.63. The van der Waals surface area contributed by atoms with E-state index in [0.717, 1.165) is 10.9 Å². The van der Waals surface area contributed by atoms with Crippen LogP contribution in [0.4, 0.5) is 0 Å². The monoisotopic (exact) mass is 284 g/mol. The van der Waals surface area contributed by atoms with Gasteiger partial charge in [-0.3, -0.25) is 4.79 Å². The first-order chi connectivity index (χ1) is 10.1. The first-order valence-corrected chi connectivity index (χ1v) is 7.18. The molecule has 0 radical (unpaired) electrons. The number of benzene rings is 1. The van der Waals surface area contributed by atoms with E-state index in [-0.39, 0.29) is 5.56 Å². The molecule has 0 atom stereocenters. The van der Waals surface area contributed by atoms with Gasteiger partial charge in [-0.1, -0.05) is 18.2 Å². The molecule has 1 saturated carbocycles. The number of aryl methyl sites for hydroxylation is 1. The molecular weight excluding hydrogens is 264 g/mol. The Morgan fingerprint density at radius 3 is 2.86 bits per heavy atom. The Balaban J connectivity index is 1.92. The zero-order chi connectivity index (χ0) is 15.0. The lowest BCUT2D eigenvalue weighted by atomic mass is 10.1. The molecule has 0 bridgehead atoms. The highest BCUT2D eigenvalue weighted by atomic mass is 16.1. The van der Waals surface area contributed by atoms with E-state index in [9.17, 15) is 4.79 Å². The van der Waals surface area contributed by atoms with Crippen LogP contribution in [0.1, 0.15) is 18.4 Å². The highest BCUT2D eigenvalue weighted by molar-refractivity contribution is 5.80. The van der Waals surface area contributed by atoms with Gasteiger partial charge in [0.05, 0.1) is 12.1 Å². The summed E-state index contributed by atoms with van der Waals surface area (Å²) < 4.78 is 1.67. The first kappa shape index (κ1) is 13.7. The van der Waals surface area contributed by atoms with Gasteiger partial charge in [0.15, 0.2) is 5.96 Å². The molecule has 0 amide bonds. The van der Waals surface area contributed by atoms with Gasteiger partial charge in [0.25, 0.3) is 5.56 Å². The van der Waals surface area contributed by atoms with Gasteiger partial charge in [-0.25, -0.2) is 4.99 Å². The van der Waals surface area contributed by atoms with Crippen molar-refractivity contribution in [3.05, 3.63) is 46.2 Å². The molecule has 2 aromatic rings. The Bertz CT molecular complexity index is 758. The van der Waals surface area contributed by atoms with Gasteiger partial charge in [0, 0.05) is 25.7 Å². The van der Waals surface area contributed by atoms with Gasteiger partial charge in [-0.15, -0.1) is 0 Å². The van der Waals surface area contributed by atoms with E-state index in [1.807, 2.05) is 42.3 Å². The molecule has 5 heteroatoms. The highest BCUT2D eigenvalue weighted by Gasteiger charge is 2.27. The lowest BCUT2D eigenvalue weighted by Crippen LogP contribution is -2.35. The SMILES string of the molecule is CN(C(N)=NCc1cc2ccccc2n(C)c1=O)C1CC1. The molecule has 110 valence electrons. The molecule has 3 rings (SSSR count). The van der Waals surface area contributed by atoms with Crippen molar-refractivity contribution in [2.75, 3.05) is 7.05 Å². The van der Waals surface area contributed by atoms with E-state index < -0.39 is 0 Å². The number of nitrogens with zero attached hydrogens (tertiary/aromatic N) is 3. The number of pyridine rings is 1. The Morgan fingerprint density at radius 2 is 2.14 bits per heavy atom. The molecule has 1 aliphatic rings. The zero-order valence-electron chi connectivity index (χ0n) is 12.4. The highest BCUT2D eigenvalue weighted by Crippen LogP contribution is 2.24. The summed E-state index contributed by atoms with van der Waals surface area (Å²) in [5.41, 5.74) is 7.56. The molecule has 21 heavy (non-hydrogen) atoms. The van der Waals surface area contributed by atoms with Gasteiger partial charge in [0.2, 0.25) is 0 Å². The van der Waals surface area contributed by atoms with Crippen LogP contribution in [0, 0.1) is 0 Å². The second-order valence-electron chi connectivity index (χ2n) is 5.61. The molecule has 1 aromatic carbocycles. The third-order valence-electron chi connectivity index (χ3n) is 4.07. The van der Waals surface area contributed by atoms with Crippen molar-refractivity contribution in [1.82, 2.24) is 9.47 Å². The fraction of sp³-hybridized carbons (Fsp3) is 0.375. The lowest BCUT2D eigenvalue weighted by molar-refractivity contribution is 0.487. The molecular formula is C16H20N4O. The van der Waals surface area contributed by atoms with Gasteiger partial charge >= 0.3 is 0 Å². The summed E-state index contributed by atoms with van der Waals surface area (Å²) >= 11 is 0. The number of aromatic nitrogens is 1. The number of hydrogen-bond donors (Lipinski definition) is 1. The maximum absolute atomic E-state index is 12.4. The smallest absolute Gasteiger partial charge is 0.255 e. The van der Waals surface area contributed by atoms with Crippen LogP contribution in [0.3, 0.4) is 0 Å². The summed E-state index contributed by atoms with van der Waals surface area (Å²) in [5, 5.41) is 1.04. The topological polar surface area (TPSA) is 63.6 Å². The van der Waals surface area contributed by atoms with Crippen LogP contribution in [0.25, 0.3) is 10.9 Å². The van der Waals surface area contributed by atoms with Crippen molar-refractivity contribution >= 4 is 16.9 Å². The predicted octanol–water partition coefficient (Wildman–Crippen LogP) is 1.45. The van der Waals surface area contributed by atoms with E-state index in [1.54, 1.807) is 11.6 Å². The predicted molar refractivity (Wildman–Crippen MR) is 85.3 cm³/mol. The molecule has 1 fully saturated rings. The van der Waals surface area contributed by atoms with Crippen LogP contribution < -0.4 is 11.3 Å². The Morgan fingerprint density at radius 1 is 1.43 bits per heavy atom. The number of guanidine groups is 1. The van der Waals surface area contributed by atoms with Crippen LogP contribution in [0.2, 0.25) is 0 Å². The maximum Gasteiger partial charge on any atom is 0.255 e. The summed E-state index contributed by atoms with van der Waals surface area (Å²) in [4.78, 5) is 18.7.